The van der Waals surface area contributed by atoms with E-state index in [-0.39, 0.29) is 0 Å². The van der Waals surface area contributed by atoms with Gasteiger partial charge in [0.1, 0.15) is 0 Å². The van der Waals surface area contributed by atoms with E-state index in [0.29, 0.717) is 0 Å². The van der Waals surface area contributed by atoms with Crippen molar-refractivity contribution >= 4 is 76.2 Å². The molecular formula is C36H21Cl. The van der Waals surface area contributed by atoms with Gasteiger partial charge in [-0.25, -0.2) is 0 Å². The van der Waals surface area contributed by atoms with Crippen LogP contribution in [0.4, 0.5) is 0 Å². The van der Waals surface area contributed by atoms with Crippen molar-refractivity contribution in [1.82, 2.24) is 0 Å². The van der Waals surface area contributed by atoms with Crippen LogP contribution in [0, 0.1) is 0 Å². The maximum Gasteiger partial charge on any atom is 0.0412 e. The maximum atomic E-state index is 6.59. The van der Waals surface area contributed by atoms with Gasteiger partial charge in [0, 0.05) is 5.02 Å². The van der Waals surface area contributed by atoms with Crippen LogP contribution in [-0.4, -0.2) is 0 Å². The third kappa shape index (κ3) is 3.03. The van der Waals surface area contributed by atoms with E-state index in [1.807, 2.05) is 6.07 Å². The first-order valence-corrected chi connectivity index (χ1v) is 13.0. The molecule has 0 unspecified atom stereocenters. The minimum Gasteiger partial charge on any atom is -0.0843 e. The van der Waals surface area contributed by atoms with Gasteiger partial charge in [-0.1, -0.05) is 115 Å². The largest absolute Gasteiger partial charge is 0.0843 e. The van der Waals surface area contributed by atoms with Gasteiger partial charge in [0.2, 0.25) is 0 Å². The molecule has 0 heterocycles. The molecular weight excluding hydrogens is 468 g/mol. The van der Waals surface area contributed by atoms with Gasteiger partial charge in [-0.15, -0.1) is 0 Å². The molecule has 8 aromatic carbocycles. The predicted octanol–water partition coefficient (Wildman–Crippen LogP) is 10.9. The van der Waals surface area contributed by atoms with E-state index in [9.17, 15) is 0 Å². The van der Waals surface area contributed by atoms with Crippen molar-refractivity contribution < 1.29 is 0 Å². The van der Waals surface area contributed by atoms with Crippen LogP contribution < -0.4 is 0 Å². The minimum absolute atomic E-state index is 0.762. The van der Waals surface area contributed by atoms with Crippen molar-refractivity contribution in [2.75, 3.05) is 0 Å². The van der Waals surface area contributed by atoms with Gasteiger partial charge in [0.25, 0.3) is 0 Å². The van der Waals surface area contributed by atoms with Gasteiger partial charge < -0.3 is 0 Å². The molecule has 0 amide bonds. The zero-order valence-electron chi connectivity index (χ0n) is 20.0. The van der Waals surface area contributed by atoms with Crippen LogP contribution in [-0.2, 0) is 0 Å². The lowest BCUT2D eigenvalue weighted by Crippen LogP contribution is -1.89. The first-order chi connectivity index (χ1) is 18.3. The first-order valence-electron chi connectivity index (χ1n) is 12.6. The number of hydrogen-bond donors (Lipinski definition) is 0. The summed E-state index contributed by atoms with van der Waals surface area (Å²) in [5, 5.41) is 15.9. The van der Waals surface area contributed by atoms with Crippen LogP contribution >= 0.6 is 11.6 Å². The second-order valence-electron chi connectivity index (χ2n) is 9.85. The van der Waals surface area contributed by atoms with Crippen LogP contribution in [0.2, 0.25) is 5.02 Å². The van der Waals surface area contributed by atoms with Gasteiger partial charge in [-0.05, 0) is 100 Å². The van der Waals surface area contributed by atoms with Crippen molar-refractivity contribution in [3.63, 3.8) is 0 Å². The van der Waals surface area contributed by atoms with Gasteiger partial charge in [-0.3, -0.25) is 0 Å². The van der Waals surface area contributed by atoms with E-state index in [1.165, 1.54) is 75.8 Å². The highest BCUT2D eigenvalue weighted by molar-refractivity contribution is 6.40. The fourth-order valence-corrected chi connectivity index (χ4v) is 6.37. The molecule has 0 aliphatic heterocycles. The molecule has 0 nitrogen and oxygen atoms in total. The second-order valence-corrected chi connectivity index (χ2v) is 10.3. The Morgan fingerprint density at radius 3 is 1.51 bits per heavy atom. The molecule has 0 atom stereocenters. The normalized spacial score (nSPS) is 11.9. The smallest absolute Gasteiger partial charge is 0.0412 e. The quantitative estimate of drug-likeness (QED) is 0.201. The summed E-state index contributed by atoms with van der Waals surface area (Å²) >= 11 is 6.59. The summed E-state index contributed by atoms with van der Waals surface area (Å²) in [7, 11) is 0. The van der Waals surface area contributed by atoms with E-state index in [0.717, 1.165) is 5.02 Å². The van der Waals surface area contributed by atoms with Crippen molar-refractivity contribution in [3.8, 4) is 11.1 Å². The fourth-order valence-electron chi connectivity index (χ4n) is 6.19. The number of halogens is 1. The summed E-state index contributed by atoms with van der Waals surface area (Å²) in [6.07, 6.45) is 0. The highest BCUT2D eigenvalue weighted by Gasteiger charge is 2.16. The summed E-state index contributed by atoms with van der Waals surface area (Å²) in [5.74, 6) is 0. The van der Waals surface area contributed by atoms with E-state index in [4.69, 9.17) is 11.6 Å². The topological polar surface area (TPSA) is 0 Å². The Labute approximate surface area is 219 Å². The van der Waals surface area contributed by atoms with Crippen molar-refractivity contribution in [2.24, 2.45) is 0 Å². The summed E-state index contributed by atoms with van der Waals surface area (Å²) < 4.78 is 0. The highest BCUT2D eigenvalue weighted by Crippen LogP contribution is 2.45. The molecule has 0 saturated carbocycles. The van der Waals surface area contributed by atoms with Crippen molar-refractivity contribution in [2.45, 2.75) is 0 Å². The molecule has 0 aliphatic rings. The second kappa shape index (κ2) is 7.80. The molecule has 0 aromatic heterocycles. The van der Waals surface area contributed by atoms with Gasteiger partial charge in [0.05, 0.1) is 0 Å². The van der Waals surface area contributed by atoms with Crippen molar-refractivity contribution in [1.29, 1.82) is 0 Å². The molecule has 0 radical (unpaired) electrons. The predicted molar refractivity (Wildman–Crippen MR) is 162 cm³/mol. The average molecular weight is 489 g/mol. The monoisotopic (exact) mass is 488 g/mol. The molecule has 1 heteroatoms. The third-order valence-corrected chi connectivity index (χ3v) is 8.08. The van der Waals surface area contributed by atoms with E-state index in [1.54, 1.807) is 0 Å². The molecule has 0 bridgehead atoms. The average Bonchev–Trinajstić information content (AvgIpc) is 2.96. The van der Waals surface area contributed by atoms with Crippen molar-refractivity contribution in [3.05, 3.63) is 132 Å². The Hall–Kier alpha value is -4.39. The standard InChI is InChI=1S/C36H21Cl/c37-26-16-18-30-29-17-15-25(24-14-13-22-7-1-2-8-23(22)19-24)20-33(29)35-31-11-5-3-9-27(31)28-10-4-6-12-32(28)36(35)34(30)21-26/h1-21H. The van der Waals surface area contributed by atoms with Gasteiger partial charge >= 0.3 is 0 Å². The summed E-state index contributed by atoms with van der Waals surface area (Å²) in [6, 6.07) is 46.1. The zero-order chi connectivity index (χ0) is 24.5. The molecule has 0 fully saturated rings. The molecule has 0 saturated heterocycles. The van der Waals surface area contributed by atoms with Gasteiger partial charge in [-0.2, -0.15) is 0 Å². The molecule has 37 heavy (non-hydrogen) atoms. The molecule has 0 spiro atoms. The Morgan fingerprint density at radius 1 is 0.324 bits per heavy atom. The first kappa shape index (κ1) is 20.8. The van der Waals surface area contributed by atoms with E-state index >= 15 is 0 Å². The number of hydrogen-bond acceptors (Lipinski definition) is 0. The Bertz CT molecular complexity index is 2200. The highest BCUT2D eigenvalue weighted by atomic mass is 35.5. The zero-order valence-corrected chi connectivity index (χ0v) is 20.8. The van der Waals surface area contributed by atoms with Crippen LogP contribution in [0.3, 0.4) is 0 Å². The molecule has 0 N–H and O–H groups in total. The number of fused-ring (bicyclic) bond motifs is 12. The van der Waals surface area contributed by atoms with E-state index in [2.05, 4.69) is 121 Å². The molecule has 172 valence electrons. The fraction of sp³-hybridized carbons (Fsp3) is 0. The number of benzene rings is 8. The maximum absolute atomic E-state index is 6.59. The SMILES string of the molecule is Clc1ccc2c3ccc(-c4ccc5ccccc5c4)cc3c3c4ccccc4c4ccccc4c3c2c1. The minimum atomic E-state index is 0.762. The van der Waals surface area contributed by atoms with Gasteiger partial charge in [0.15, 0.2) is 0 Å². The molecule has 8 rings (SSSR count). The van der Waals surface area contributed by atoms with Crippen LogP contribution in [0.15, 0.2) is 127 Å². The lowest BCUT2D eigenvalue weighted by molar-refractivity contribution is 1.69. The van der Waals surface area contributed by atoms with Crippen LogP contribution in [0.1, 0.15) is 0 Å². The Balaban J connectivity index is 1.61. The van der Waals surface area contributed by atoms with Crippen LogP contribution in [0.5, 0.6) is 0 Å². The number of rotatable bonds is 1. The Kier molecular flexibility index (Phi) is 4.38. The Morgan fingerprint density at radius 2 is 0.811 bits per heavy atom. The van der Waals surface area contributed by atoms with E-state index < -0.39 is 0 Å². The summed E-state index contributed by atoms with van der Waals surface area (Å²) in [5.41, 5.74) is 2.46. The third-order valence-electron chi connectivity index (χ3n) is 7.85. The molecule has 8 aromatic rings. The lowest BCUT2D eigenvalue weighted by atomic mass is 9.86. The summed E-state index contributed by atoms with van der Waals surface area (Å²) in [6.45, 7) is 0. The summed E-state index contributed by atoms with van der Waals surface area (Å²) in [4.78, 5) is 0. The molecule has 0 aliphatic carbocycles. The van der Waals surface area contributed by atoms with Crippen LogP contribution in [0.25, 0.3) is 75.8 Å². The lowest BCUT2D eigenvalue weighted by Gasteiger charge is -2.17.